The van der Waals surface area contributed by atoms with E-state index in [1.165, 1.54) is 11.8 Å². The third-order valence-electron chi connectivity index (χ3n) is 1.43. The minimum Gasteiger partial charge on any atom is -0.480 e. The monoisotopic (exact) mass is 296 g/mol. The smallest absolute Gasteiger partial charge is 0.316 e. The van der Waals surface area contributed by atoms with E-state index in [1.54, 1.807) is 14.0 Å². The maximum atomic E-state index is 10.7. The molecule has 15 heavy (non-hydrogen) atoms. The summed E-state index contributed by atoms with van der Waals surface area (Å²) in [6, 6.07) is 0. The van der Waals surface area contributed by atoms with E-state index >= 15 is 0 Å². The Balaban J connectivity index is 0.000000288. The first-order valence-electron chi connectivity index (χ1n) is 4.19. The minimum absolute atomic E-state index is 0.0312. The molecule has 0 aliphatic carbocycles. The van der Waals surface area contributed by atoms with Crippen LogP contribution in [0.2, 0.25) is 0 Å². The van der Waals surface area contributed by atoms with Crippen molar-refractivity contribution in [3.63, 3.8) is 0 Å². The van der Waals surface area contributed by atoms with Crippen molar-refractivity contribution < 1.29 is 14.7 Å². The Morgan fingerprint density at radius 1 is 1.73 bits per heavy atom. The summed E-state index contributed by atoms with van der Waals surface area (Å²) in [4.78, 5) is 23.8. The van der Waals surface area contributed by atoms with Crippen molar-refractivity contribution in [1.29, 1.82) is 0 Å². The summed E-state index contributed by atoms with van der Waals surface area (Å²) in [5.41, 5.74) is 0. The van der Waals surface area contributed by atoms with Gasteiger partial charge in [-0.05, 0) is 13.8 Å². The average molecular weight is 297 g/mol. The summed E-state index contributed by atoms with van der Waals surface area (Å²) < 4.78 is 0. The van der Waals surface area contributed by atoms with Crippen molar-refractivity contribution in [3.8, 4) is 0 Å². The molecule has 2 unspecified atom stereocenters. The van der Waals surface area contributed by atoms with Gasteiger partial charge in [0.1, 0.15) is 4.83 Å². The number of hydrogen-bond donors (Lipinski definition) is 2. The Morgan fingerprint density at radius 2 is 2.20 bits per heavy atom. The number of amides is 1. The lowest BCUT2D eigenvalue weighted by Crippen LogP contribution is -2.23. The summed E-state index contributed by atoms with van der Waals surface area (Å²) in [5.74, 6) is -0.768. The van der Waals surface area contributed by atoms with Crippen molar-refractivity contribution in [2.75, 3.05) is 7.05 Å². The van der Waals surface area contributed by atoms with Gasteiger partial charge >= 0.3 is 5.97 Å². The second-order valence-corrected chi connectivity index (χ2v) is 5.44. The highest BCUT2D eigenvalue weighted by atomic mass is 79.9. The number of carbonyl (C=O) groups excluding carboxylic acids is 1. The SMILES string of the molecule is CC(Br)C(=O)O.CN=C1NC(=O)C(C)S1. The highest BCUT2D eigenvalue weighted by Gasteiger charge is 2.24. The van der Waals surface area contributed by atoms with Crippen LogP contribution in [-0.4, -0.2) is 39.3 Å². The average Bonchev–Trinajstić information content (AvgIpc) is 2.47. The summed E-state index contributed by atoms with van der Waals surface area (Å²) in [7, 11) is 1.67. The van der Waals surface area contributed by atoms with Gasteiger partial charge in [0.05, 0.1) is 5.25 Å². The predicted molar refractivity (Wildman–Crippen MR) is 64.6 cm³/mol. The molecule has 2 N–H and O–H groups in total. The lowest BCUT2D eigenvalue weighted by atomic mass is 10.4. The molecule has 1 saturated heterocycles. The molecule has 0 spiro atoms. The van der Waals surface area contributed by atoms with E-state index in [9.17, 15) is 9.59 Å². The maximum Gasteiger partial charge on any atom is 0.316 e. The van der Waals surface area contributed by atoms with Gasteiger partial charge < -0.3 is 10.4 Å². The first kappa shape index (κ1) is 14.4. The molecule has 0 bridgehead atoms. The highest BCUT2D eigenvalue weighted by Crippen LogP contribution is 2.17. The van der Waals surface area contributed by atoms with Gasteiger partial charge in [0.15, 0.2) is 5.17 Å². The van der Waals surface area contributed by atoms with Gasteiger partial charge in [0, 0.05) is 7.05 Å². The largest absolute Gasteiger partial charge is 0.480 e. The van der Waals surface area contributed by atoms with Crippen LogP contribution in [0.15, 0.2) is 4.99 Å². The number of halogens is 1. The van der Waals surface area contributed by atoms with Crippen molar-refractivity contribution >= 4 is 44.7 Å². The molecule has 0 aromatic heterocycles. The number of carbonyl (C=O) groups is 2. The van der Waals surface area contributed by atoms with Crippen molar-refractivity contribution in [1.82, 2.24) is 5.32 Å². The Morgan fingerprint density at radius 3 is 2.33 bits per heavy atom. The summed E-state index contributed by atoms with van der Waals surface area (Å²) in [6.45, 7) is 3.42. The van der Waals surface area contributed by atoms with Crippen LogP contribution in [0.1, 0.15) is 13.8 Å². The normalized spacial score (nSPS) is 24.1. The second-order valence-electron chi connectivity index (χ2n) is 2.73. The van der Waals surface area contributed by atoms with Crippen LogP contribution in [0.3, 0.4) is 0 Å². The van der Waals surface area contributed by atoms with Crippen LogP contribution in [0.25, 0.3) is 0 Å². The number of thioether (sulfide) groups is 1. The lowest BCUT2D eigenvalue weighted by molar-refractivity contribution is -0.135. The number of nitrogens with zero attached hydrogens (tertiary/aromatic N) is 1. The van der Waals surface area contributed by atoms with Crippen LogP contribution in [0.4, 0.5) is 0 Å². The van der Waals surface area contributed by atoms with Gasteiger partial charge in [0.25, 0.3) is 0 Å². The molecule has 0 aromatic rings. The van der Waals surface area contributed by atoms with Crippen LogP contribution < -0.4 is 5.32 Å². The fourth-order valence-corrected chi connectivity index (χ4v) is 1.33. The number of aliphatic carboxylic acids is 1. The molecule has 86 valence electrons. The van der Waals surface area contributed by atoms with Crippen molar-refractivity contribution in [2.24, 2.45) is 4.99 Å². The third-order valence-corrected chi connectivity index (χ3v) is 2.90. The van der Waals surface area contributed by atoms with Crippen molar-refractivity contribution in [2.45, 2.75) is 23.9 Å². The number of alkyl halides is 1. The van der Waals surface area contributed by atoms with Gasteiger partial charge in [-0.2, -0.15) is 0 Å². The molecule has 1 amide bonds. The first-order valence-corrected chi connectivity index (χ1v) is 5.99. The van der Waals surface area contributed by atoms with E-state index in [4.69, 9.17) is 5.11 Å². The Hall–Kier alpha value is -0.560. The second kappa shape index (κ2) is 6.84. The highest BCUT2D eigenvalue weighted by molar-refractivity contribution is 9.10. The molecule has 1 aliphatic rings. The topological polar surface area (TPSA) is 78.8 Å². The quantitative estimate of drug-likeness (QED) is 0.710. The molecular formula is C8H13BrN2O3S. The van der Waals surface area contributed by atoms with Crippen LogP contribution >= 0.6 is 27.7 Å². The van der Waals surface area contributed by atoms with E-state index in [0.717, 1.165) is 5.17 Å². The zero-order chi connectivity index (χ0) is 12.0. The molecule has 2 atom stereocenters. The zero-order valence-corrected chi connectivity index (χ0v) is 11.1. The van der Waals surface area contributed by atoms with Gasteiger partial charge in [-0.25, -0.2) is 0 Å². The molecule has 1 rings (SSSR count). The Labute approximate surface area is 101 Å². The number of rotatable bonds is 1. The third kappa shape index (κ3) is 5.78. The summed E-state index contributed by atoms with van der Waals surface area (Å²) in [5, 5.41) is 11.3. The van der Waals surface area contributed by atoms with Crippen LogP contribution in [0, 0.1) is 0 Å². The Bertz CT molecular complexity index is 281. The molecular weight excluding hydrogens is 284 g/mol. The molecule has 0 radical (unpaired) electrons. The van der Waals surface area contributed by atoms with E-state index in [1.807, 2.05) is 6.92 Å². The van der Waals surface area contributed by atoms with Crippen LogP contribution in [-0.2, 0) is 9.59 Å². The number of amidine groups is 1. The van der Waals surface area contributed by atoms with E-state index in [0.29, 0.717) is 0 Å². The molecule has 7 heteroatoms. The van der Waals surface area contributed by atoms with Crippen molar-refractivity contribution in [3.05, 3.63) is 0 Å². The Kier molecular flexibility index (Phi) is 6.58. The first-order chi connectivity index (χ1) is 6.88. The van der Waals surface area contributed by atoms with Gasteiger partial charge in [0.2, 0.25) is 5.91 Å². The molecule has 0 aromatic carbocycles. The number of aliphatic imine (C=N–C) groups is 1. The van der Waals surface area contributed by atoms with Crippen LogP contribution in [0.5, 0.6) is 0 Å². The van der Waals surface area contributed by atoms with Gasteiger partial charge in [-0.1, -0.05) is 27.7 Å². The number of carboxylic acid groups (broad SMARTS) is 1. The fourth-order valence-electron chi connectivity index (χ4n) is 0.566. The standard InChI is InChI=1S/C5H8N2OS.C3H5BrO2/c1-3-4(8)7-5(6-2)9-3;1-2(4)3(5)6/h3H,1-2H3,(H,6,7,8);2H,1H3,(H,5,6). The van der Waals surface area contributed by atoms with E-state index < -0.39 is 10.8 Å². The minimum atomic E-state index is -0.824. The zero-order valence-electron chi connectivity index (χ0n) is 8.65. The maximum absolute atomic E-state index is 10.7. The van der Waals surface area contributed by atoms with E-state index in [2.05, 4.69) is 26.2 Å². The molecule has 0 saturated carbocycles. The lowest BCUT2D eigenvalue weighted by Gasteiger charge is -1.87. The molecule has 1 fully saturated rings. The summed E-state index contributed by atoms with van der Waals surface area (Å²) >= 11 is 4.30. The molecule has 5 nitrogen and oxygen atoms in total. The molecule has 1 heterocycles. The number of nitrogens with one attached hydrogen (secondary N) is 1. The van der Waals surface area contributed by atoms with Gasteiger partial charge in [-0.3, -0.25) is 14.6 Å². The molecule has 1 aliphatic heterocycles. The number of carboxylic acids is 1. The predicted octanol–water partition coefficient (Wildman–Crippen LogP) is 1.08. The number of hydrogen-bond acceptors (Lipinski definition) is 4. The van der Waals surface area contributed by atoms with Gasteiger partial charge in [-0.15, -0.1) is 0 Å². The summed E-state index contributed by atoms with van der Waals surface area (Å²) in [6.07, 6.45) is 0. The van der Waals surface area contributed by atoms with E-state index in [-0.39, 0.29) is 11.2 Å². The fraction of sp³-hybridized carbons (Fsp3) is 0.625.